The van der Waals surface area contributed by atoms with Crippen molar-refractivity contribution in [2.24, 2.45) is 0 Å². The number of nitrogens with zero attached hydrogens (tertiary/aromatic N) is 1. The van der Waals surface area contributed by atoms with E-state index >= 15 is 0 Å². The van der Waals surface area contributed by atoms with Crippen molar-refractivity contribution >= 4 is 27.6 Å². The van der Waals surface area contributed by atoms with Gasteiger partial charge < -0.3 is 10.1 Å². The first kappa shape index (κ1) is 19.4. The third-order valence-electron chi connectivity index (χ3n) is 4.44. The fourth-order valence-electron chi connectivity index (χ4n) is 2.93. The molecule has 25 heavy (non-hydrogen) atoms. The van der Waals surface area contributed by atoms with Gasteiger partial charge in [-0.1, -0.05) is 19.3 Å². The molecule has 1 aliphatic rings. The van der Waals surface area contributed by atoms with Crippen LogP contribution in [0.2, 0.25) is 0 Å². The van der Waals surface area contributed by atoms with Gasteiger partial charge in [0, 0.05) is 18.8 Å². The average Bonchev–Trinajstić information content (AvgIpc) is 2.62. The van der Waals surface area contributed by atoms with Gasteiger partial charge in [-0.2, -0.15) is 4.31 Å². The summed E-state index contributed by atoms with van der Waals surface area (Å²) in [6.45, 7) is 0. The number of rotatable bonds is 6. The molecular formula is C17H24N2O5S. The van der Waals surface area contributed by atoms with Crippen LogP contribution in [0, 0.1) is 0 Å². The molecule has 138 valence electrons. The zero-order valence-corrected chi connectivity index (χ0v) is 15.3. The molecule has 0 aliphatic heterocycles. The third-order valence-corrected chi connectivity index (χ3v) is 6.36. The normalized spacial score (nSPS) is 15.8. The zero-order chi connectivity index (χ0) is 18.4. The molecule has 0 aromatic heterocycles. The van der Waals surface area contributed by atoms with Gasteiger partial charge in [0.2, 0.25) is 15.9 Å². The predicted molar refractivity (Wildman–Crippen MR) is 93.5 cm³/mol. The fourth-order valence-corrected chi connectivity index (χ4v) is 4.34. The molecule has 0 atom stereocenters. The quantitative estimate of drug-likeness (QED) is 0.613. The number of carbonyl (C=O) groups is 2. The molecule has 2 rings (SSSR count). The molecule has 1 saturated carbocycles. The zero-order valence-electron chi connectivity index (χ0n) is 14.5. The Bertz CT molecular complexity index is 709. The Morgan fingerprint density at radius 2 is 1.76 bits per heavy atom. The second-order valence-corrected chi connectivity index (χ2v) is 8.14. The Morgan fingerprint density at radius 3 is 2.32 bits per heavy atom. The highest BCUT2D eigenvalue weighted by atomic mass is 32.2. The van der Waals surface area contributed by atoms with Crippen LogP contribution in [-0.4, -0.2) is 44.8 Å². The second-order valence-electron chi connectivity index (χ2n) is 6.14. The van der Waals surface area contributed by atoms with Crippen molar-refractivity contribution in [2.75, 3.05) is 19.5 Å². The van der Waals surface area contributed by atoms with E-state index in [1.54, 1.807) is 7.05 Å². The number of esters is 1. The van der Waals surface area contributed by atoms with Gasteiger partial charge in [0.1, 0.15) is 6.42 Å². The minimum absolute atomic E-state index is 0.0400. The maximum absolute atomic E-state index is 12.7. The predicted octanol–water partition coefficient (Wildman–Crippen LogP) is 2.14. The maximum atomic E-state index is 12.7. The largest absolute Gasteiger partial charge is 0.469 e. The van der Waals surface area contributed by atoms with Crippen LogP contribution in [0.4, 0.5) is 5.69 Å². The molecule has 0 bridgehead atoms. The standard InChI is InChI=1S/C17H24N2O5S/c1-19(14-6-4-3-5-7-14)25(22,23)15-10-8-13(9-11-15)18-16(20)12-17(21)24-2/h8-11,14H,3-7,12H2,1-2H3,(H,18,20). The molecule has 8 heteroatoms. The highest BCUT2D eigenvalue weighted by Gasteiger charge is 2.28. The van der Waals surface area contributed by atoms with Gasteiger partial charge in [-0.15, -0.1) is 0 Å². The first-order valence-electron chi connectivity index (χ1n) is 8.29. The van der Waals surface area contributed by atoms with Crippen molar-refractivity contribution < 1.29 is 22.7 Å². The van der Waals surface area contributed by atoms with Gasteiger partial charge in [0.15, 0.2) is 0 Å². The van der Waals surface area contributed by atoms with Crippen LogP contribution in [0.3, 0.4) is 0 Å². The molecule has 1 fully saturated rings. The summed E-state index contributed by atoms with van der Waals surface area (Å²) in [5.41, 5.74) is 0.424. The van der Waals surface area contributed by atoms with Crippen LogP contribution in [-0.2, 0) is 24.3 Å². The van der Waals surface area contributed by atoms with Crippen LogP contribution >= 0.6 is 0 Å². The molecule has 0 radical (unpaired) electrons. The van der Waals surface area contributed by atoms with Crippen LogP contribution in [0.15, 0.2) is 29.2 Å². The van der Waals surface area contributed by atoms with Crippen molar-refractivity contribution in [2.45, 2.75) is 49.5 Å². The lowest BCUT2D eigenvalue weighted by Gasteiger charge is -2.30. The van der Waals surface area contributed by atoms with Gasteiger partial charge in [-0.05, 0) is 37.1 Å². The summed E-state index contributed by atoms with van der Waals surface area (Å²) in [5, 5.41) is 2.53. The fraction of sp³-hybridized carbons (Fsp3) is 0.529. The molecule has 1 amide bonds. The van der Waals surface area contributed by atoms with E-state index < -0.39 is 21.9 Å². The van der Waals surface area contributed by atoms with Gasteiger partial charge in [-0.3, -0.25) is 9.59 Å². The first-order chi connectivity index (χ1) is 11.8. The molecule has 1 aromatic rings. The molecule has 1 aliphatic carbocycles. The maximum Gasteiger partial charge on any atom is 0.315 e. The first-order valence-corrected chi connectivity index (χ1v) is 9.73. The van der Waals surface area contributed by atoms with E-state index in [4.69, 9.17) is 0 Å². The Morgan fingerprint density at radius 1 is 1.16 bits per heavy atom. The number of sulfonamides is 1. The second kappa shape index (κ2) is 8.44. The summed E-state index contributed by atoms with van der Waals surface area (Å²) in [7, 11) is -0.731. The number of hydrogen-bond donors (Lipinski definition) is 1. The summed E-state index contributed by atoms with van der Waals surface area (Å²) in [6.07, 6.45) is 4.64. The number of hydrogen-bond acceptors (Lipinski definition) is 5. The smallest absolute Gasteiger partial charge is 0.315 e. The molecule has 0 unspecified atom stereocenters. The summed E-state index contributed by atoms with van der Waals surface area (Å²) < 4.78 is 31.3. The Balaban J connectivity index is 2.05. The Labute approximate surface area is 148 Å². The molecule has 7 nitrogen and oxygen atoms in total. The summed E-state index contributed by atoms with van der Waals surface area (Å²) in [4.78, 5) is 22.9. The third kappa shape index (κ3) is 5.02. The van der Waals surface area contributed by atoms with Crippen molar-refractivity contribution in [3.63, 3.8) is 0 Å². The number of amides is 1. The Kier molecular flexibility index (Phi) is 6.55. The van der Waals surface area contributed by atoms with E-state index in [0.717, 1.165) is 32.1 Å². The molecule has 0 spiro atoms. The monoisotopic (exact) mass is 368 g/mol. The summed E-state index contributed by atoms with van der Waals surface area (Å²) in [5.74, 6) is -1.15. The summed E-state index contributed by atoms with van der Waals surface area (Å²) >= 11 is 0. The molecule has 1 N–H and O–H groups in total. The van der Waals surface area contributed by atoms with E-state index in [2.05, 4.69) is 10.1 Å². The van der Waals surface area contributed by atoms with Gasteiger partial charge >= 0.3 is 5.97 Å². The van der Waals surface area contributed by atoms with Crippen molar-refractivity contribution in [1.29, 1.82) is 0 Å². The van der Waals surface area contributed by atoms with E-state index in [0.29, 0.717) is 5.69 Å². The van der Waals surface area contributed by atoms with E-state index in [-0.39, 0.29) is 17.4 Å². The average molecular weight is 368 g/mol. The molecule has 0 heterocycles. The lowest BCUT2D eigenvalue weighted by atomic mass is 9.96. The van der Waals surface area contributed by atoms with Gasteiger partial charge in [0.25, 0.3) is 0 Å². The van der Waals surface area contributed by atoms with Crippen LogP contribution < -0.4 is 5.32 Å². The Hall–Kier alpha value is -1.93. The van der Waals surface area contributed by atoms with Crippen molar-refractivity contribution in [3.8, 4) is 0 Å². The molecule has 1 aromatic carbocycles. The molecule has 0 saturated heterocycles. The van der Waals surface area contributed by atoms with Crippen molar-refractivity contribution in [3.05, 3.63) is 24.3 Å². The van der Waals surface area contributed by atoms with Crippen LogP contribution in [0.5, 0.6) is 0 Å². The van der Waals surface area contributed by atoms with Crippen LogP contribution in [0.25, 0.3) is 0 Å². The molecular weight excluding hydrogens is 344 g/mol. The lowest BCUT2D eigenvalue weighted by molar-refractivity contribution is -0.142. The highest BCUT2D eigenvalue weighted by molar-refractivity contribution is 7.89. The minimum Gasteiger partial charge on any atom is -0.469 e. The van der Waals surface area contributed by atoms with Crippen molar-refractivity contribution in [1.82, 2.24) is 4.31 Å². The SMILES string of the molecule is COC(=O)CC(=O)Nc1ccc(S(=O)(=O)N(C)C2CCCCC2)cc1. The summed E-state index contributed by atoms with van der Waals surface area (Å²) in [6, 6.07) is 5.98. The number of ether oxygens (including phenoxy) is 1. The van der Waals surface area contributed by atoms with E-state index in [9.17, 15) is 18.0 Å². The highest BCUT2D eigenvalue weighted by Crippen LogP contribution is 2.26. The van der Waals surface area contributed by atoms with E-state index in [1.165, 1.54) is 35.7 Å². The number of methoxy groups -OCH3 is 1. The number of anilines is 1. The van der Waals surface area contributed by atoms with Gasteiger partial charge in [0.05, 0.1) is 12.0 Å². The van der Waals surface area contributed by atoms with Crippen LogP contribution in [0.1, 0.15) is 38.5 Å². The number of benzene rings is 1. The van der Waals surface area contributed by atoms with E-state index in [1.807, 2.05) is 0 Å². The lowest BCUT2D eigenvalue weighted by Crippen LogP contribution is -2.38. The number of carbonyl (C=O) groups excluding carboxylic acids is 2. The minimum atomic E-state index is -3.56. The topological polar surface area (TPSA) is 92.8 Å². The van der Waals surface area contributed by atoms with Gasteiger partial charge in [-0.25, -0.2) is 8.42 Å². The number of nitrogens with one attached hydrogen (secondary N) is 1.